The van der Waals surface area contributed by atoms with Gasteiger partial charge in [-0.05, 0) is 123 Å². The van der Waals surface area contributed by atoms with E-state index in [0.717, 1.165) is 19.3 Å². The van der Waals surface area contributed by atoms with Gasteiger partial charge in [0.1, 0.15) is 0 Å². The molecule has 0 unspecified atom stereocenters. The number of fused-ring (bicyclic) bond motifs is 10. The van der Waals surface area contributed by atoms with Gasteiger partial charge >= 0.3 is 0 Å². The molecule has 0 spiro atoms. The number of para-hydroxylation sites is 2. The lowest BCUT2D eigenvalue weighted by atomic mass is 9.82. The summed E-state index contributed by atoms with van der Waals surface area (Å²) in [6, 6.07) is 61.0. The number of benzene rings is 8. The zero-order valence-electron chi connectivity index (χ0n) is 29.2. The highest BCUT2D eigenvalue weighted by atomic mass is 15.0. The molecule has 2 heteroatoms. The second-order valence-electron chi connectivity index (χ2n) is 14.8. The molecule has 0 fully saturated rings. The fraction of sp³-hybridized carbons (Fsp3) is 0.0588. The van der Waals surface area contributed by atoms with Crippen LogP contribution in [0, 0.1) is 0 Å². The summed E-state index contributed by atoms with van der Waals surface area (Å²) in [5.41, 5.74) is 17.2. The molecule has 2 aliphatic carbocycles. The van der Waals surface area contributed by atoms with Gasteiger partial charge in [0.05, 0.1) is 16.6 Å². The Morgan fingerprint density at radius 2 is 1.21 bits per heavy atom. The summed E-state index contributed by atoms with van der Waals surface area (Å²) < 4.78 is 5.01. The van der Waals surface area contributed by atoms with Gasteiger partial charge < -0.3 is 9.13 Å². The largest absolute Gasteiger partial charge is 0.313 e. The van der Waals surface area contributed by atoms with E-state index in [4.69, 9.17) is 0 Å². The van der Waals surface area contributed by atoms with Gasteiger partial charge in [-0.2, -0.15) is 0 Å². The van der Waals surface area contributed by atoms with Gasteiger partial charge in [-0.1, -0.05) is 121 Å². The van der Waals surface area contributed by atoms with Crippen LogP contribution in [0.3, 0.4) is 0 Å². The smallest absolute Gasteiger partial charge is 0.0550 e. The number of allylic oxidation sites excluding steroid dienone is 1. The Labute approximate surface area is 307 Å². The summed E-state index contributed by atoms with van der Waals surface area (Å²) >= 11 is 0. The molecule has 248 valence electrons. The van der Waals surface area contributed by atoms with E-state index in [2.05, 4.69) is 179 Å². The zero-order chi connectivity index (χ0) is 34.6. The number of aromatic nitrogens is 2. The molecule has 2 aliphatic rings. The highest BCUT2D eigenvalue weighted by Crippen LogP contribution is 2.46. The summed E-state index contributed by atoms with van der Waals surface area (Å²) in [7, 11) is 0. The van der Waals surface area contributed by atoms with Crippen LogP contribution in [-0.2, 0) is 12.8 Å². The van der Waals surface area contributed by atoms with Gasteiger partial charge in [-0.25, -0.2) is 0 Å². The fourth-order valence-electron chi connectivity index (χ4n) is 9.70. The molecule has 2 nitrogen and oxygen atoms in total. The monoisotopic (exact) mass is 674 g/mol. The van der Waals surface area contributed by atoms with Crippen molar-refractivity contribution in [1.29, 1.82) is 0 Å². The van der Waals surface area contributed by atoms with E-state index in [9.17, 15) is 0 Å². The minimum atomic E-state index is 0.940. The lowest BCUT2D eigenvalue weighted by molar-refractivity contribution is 0.898. The van der Waals surface area contributed by atoms with Crippen LogP contribution >= 0.6 is 0 Å². The highest BCUT2D eigenvalue weighted by Gasteiger charge is 2.25. The Morgan fingerprint density at radius 3 is 2.15 bits per heavy atom. The van der Waals surface area contributed by atoms with Gasteiger partial charge in [0, 0.05) is 38.8 Å². The van der Waals surface area contributed by atoms with E-state index in [1.54, 1.807) is 0 Å². The first kappa shape index (κ1) is 29.0. The molecular weight excluding hydrogens is 641 g/mol. The molecule has 10 aromatic rings. The maximum Gasteiger partial charge on any atom is 0.0550 e. The molecule has 0 radical (unpaired) electrons. The number of rotatable bonds is 3. The normalized spacial score (nSPS) is 13.5. The molecule has 8 aromatic carbocycles. The highest BCUT2D eigenvalue weighted by molar-refractivity contribution is 6.25. The van der Waals surface area contributed by atoms with E-state index >= 15 is 0 Å². The predicted octanol–water partition coefficient (Wildman–Crippen LogP) is 13.1. The number of hydrogen-bond acceptors (Lipinski definition) is 0. The van der Waals surface area contributed by atoms with Gasteiger partial charge in [0.25, 0.3) is 0 Å². The summed E-state index contributed by atoms with van der Waals surface area (Å²) in [6.07, 6.45) is 5.40. The van der Waals surface area contributed by atoms with E-state index < -0.39 is 0 Å². The van der Waals surface area contributed by atoms with Gasteiger partial charge in [-0.15, -0.1) is 0 Å². The van der Waals surface area contributed by atoms with Crippen molar-refractivity contribution >= 4 is 65.9 Å². The molecule has 0 atom stereocenters. The van der Waals surface area contributed by atoms with E-state index in [1.165, 1.54) is 110 Å². The van der Waals surface area contributed by atoms with Crippen LogP contribution in [-0.4, -0.2) is 9.13 Å². The predicted molar refractivity (Wildman–Crippen MR) is 224 cm³/mol. The van der Waals surface area contributed by atoms with Gasteiger partial charge in [-0.3, -0.25) is 0 Å². The van der Waals surface area contributed by atoms with Crippen LogP contribution < -0.4 is 0 Å². The minimum Gasteiger partial charge on any atom is -0.313 e. The quantitative estimate of drug-likeness (QED) is 0.177. The van der Waals surface area contributed by atoms with Crippen LogP contribution in [0.5, 0.6) is 0 Å². The summed E-state index contributed by atoms with van der Waals surface area (Å²) in [4.78, 5) is 0. The van der Waals surface area contributed by atoms with Crippen LogP contribution in [0.4, 0.5) is 0 Å². The average molecular weight is 675 g/mol. The van der Waals surface area contributed by atoms with Crippen molar-refractivity contribution in [1.82, 2.24) is 9.13 Å². The molecule has 0 saturated carbocycles. The molecule has 12 rings (SSSR count). The van der Waals surface area contributed by atoms with Crippen molar-refractivity contribution in [3.05, 3.63) is 192 Å². The second-order valence-corrected chi connectivity index (χ2v) is 14.8. The fourth-order valence-corrected chi connectivity index (χ4v) is 9.70. The van der Waals surface area contributed by atoms with Crippen molar-refractivity contribution < 1.29 is 0 Å². The zero-order valence-corrected chi connectivity index (χ0v) is 29.2. The third-order valence-electron chi connectivity index (χ3n) is 12.0. The standard InChI is InChI=1S/C51H34N2/c1-2-14-38(15-3-1)52-46-20-9-8-17-41(46)45-29-34(23-26-47(45)52)35-22-25-43-48(30-35)53(39-24-21-32-11-4-5-12-33(32)28-39)49-31-37-27-36-13-6-7-16-40(36)42-18-10-19-44(50(37)42)51(43)49/h1-22,24-25,28-31H,23,26-27H2. The summed E-state index contributed by atoms with van der Waals surface area (Å²) in [5, 5.41) is 9.22. The molecule has 0 N–H and O–H groups in total. The lowest BCUT2D eigenvalue weighted by Crippen LogP contribution is -2.05. The van der Waals surface area contributed by atoms with Crippen molar-refractivity contribution in [3.8, 4) is 22.5 Å². The Balaban J connectivity index is 1.13. The molecule has 53 heavy (non-hydrogen) atoms. The topological polar surface area (TPSA) is 9.86 Å². The van der Waals surface area contributed by atoms with E-state index in [1.807, 2.05) is 0 Å². The maximum absolute atomic E-state index is 2.54. The molecule has 0 bridgehead atoms. The Bertz CT molecular complexity index is 3190. The minimum absolute atomic E-state index is 0.940. The molecule has 2 heterocycles. The average Bonchev–Trinajstić information content (AvgIpc) is 3.73. The first-order valence-electron chi connectivity index (χ1n) is 18.8. The van der Waals surface area contributed by atoms with Crippen molar-refractivity contribution in [2.75, 3.05) is 0 Å². The third kappa shape index (κ3) is 4.15. The van der Waals surface area contributed by atoms with Crippen molar-refractivity contribution in [2.24, 2.45) is 0 Å². The molecular formula is C51H34N2. The van der Waals surface area contributed by atoms with E-state index in [0.29, 0.717) is 0 Å². The number of nitrogens with zero attached hydrogens (tertiary/aromatic N) is 2. The van der Waals surface area contributed by atoms with Crippen LogP contribution in [0.25, 0.3) is 88.4 Å². The molecule has 0 saturated heterocycles. The second kappa shape index (κ2) is 10.9. The Kier molecular flexibility index (Phi) is 5.98. The Hall–Kier alpha value is -6.64. The summed E-state index contributed by atoms with van der Waals surface area (Å²) in [5.74, 6) is 0. The first-order valence-corrected chi connectivity index (χ1v) is 18.8. The first-order chi connectivity index (χ1) is 26.3. The van der Waals surface area contributed by atoms with Crippen molar-refractivity contribution in [2.45, 2.75) is 19.3 Å². The van der Waals surface area contributed by atoms with Gasteiger partial charge in [0.2, 0.25) is 0 Å². The van der Waals surface area contributed by atoms with Gasteiger partial charge in [0.15, 0.2) is 0 Å². The lowest BCUT2D eigenvalue weighted by Gasteiger charge is -2.22. The SMILES string of the molecule is C1=C(c2ccc3c4c5cccc6c5c(cc4n(-c4ccc5ccccc5c4)c3c2)Cc2ccccc2-6)CCc2c1c1ccccc1n2-c1ccccc1. The van der Waals surface area contributed by atoms with Crippen LogP contribution in [0.1, 0.15) is 34.4 Å². The van der Waals surface area contributed by atoms with E-state index in [-0.39, 0.29) is 0 Å². The molecule has 0 aliphatic heterocycles. The number of hydrogen-bond donors (Lipinski definition) is 0. The molecule has 2 aromatic heterocycles. The van der Waals surface area contributed by atoms with Crippen molar-refractivity contribution in [3.63, 3.8) is 0 Å². The summed E-state index contributed by atoms with van der Waals surface area (Å²) in [6.45, 7) is 0. The Morgan fingerprint density at radius 1 is 0.415 bits per heavy atom. The third-order valence-corrected chi connectivity index (χ3v) is 12.0. The maximum atomic E-state index is 2.54. The van der Waals surface area contributed by atoms with Crippen LogP contribution in [0.15, 0.2) is 164 Å². The molecule has 0 amide bonds. The van der Waals surface area contributed by atoms with Crippen LogP contribution in [0.2, 0.25) is 0 Å².